The van der Waals surface area contributed by atoms with E-state index in [1.165, 1.54) is 15.3 Å². The lowest BCUT2D eigenvalue weighted by molar-refractivity contribution is -0.917. The number of quaternary nitrogens is 2. The number of amides is 1. The first kappa shape index (κ1) is 19.3. The first-order chi connectivity index (χ1) is 13.8. The molecular formula is C22H27N3OS2+2. The Morgan fingerprint density at radius 3 is 2.43 bits per heavy atom. The van der Waals surface area contributed by atoms with Crippen molar-refractivity contribution in [3.05, 3.63) is 80.7 Å². The Labute approximate surface area is 174 Å². The van der Waals surface area contributed by atoms with Gasteiger partial charge in [-0.2, -0.15) is 0 Å². The number of hydrogen-bond acceptors (Lipinski definition) is 3. The largest absolute Gasteiger partial charge is 0.328 e. The second-order valence-electron chi connectivity index (χ2n) is 7.23. The third-order valence-corrected chi connectivity index (χ3v) is 7.20. The summed E-state index contributed by atoms with van der Waals surface area (Å²) in [6, 6.07) is 19.2. The lowest BCUT2D eigenvalue weighted by Gasteiger charge is -2.31. The second-order valence-corrected chi connectivity index (χ2v) is 9.24. The summed E-state index contributed by atoms with van der Waals surface area (Å²) in [5.41, 5.74) is 1.25. The van der Waals surface area contributed by atoms with Crippen molar-refractivity contribution in [2.75, 3.05) is 32.7 Å². The molecule has 28 heavy (non-hydrogen) atoms. The van der Waals surface area contributed by atoms with Gasteiger partial charge in [-0.3, -0.25) is 4.79 Å². The Hall–Kier alpha value is -1.99. The molecule has 4 rings (SSSR count). The molecule has 1 fully saturated rings. The highest BCUT2D eigenvalue weighted by Crippen LogP contribution is 2.22. The minimum Gasteiger partial charge on any atom is -0.328 e. The van der Waals surface area contributed by atoms with Crippen molar-refractivity contribution in [2.45, 2.75) is 12.6 Å². The van der Waals surface area contributed by atoms with Crippen LogP contribution in [0.25, 0.3) is 0 Å². The molecule has 1 aromatic carbocycles. The van der Waals surface area contributed by atoms with Gasteiger partial charge in [-0.25, -0.2) is 0 Å². The van der Waals surface area contributed by atoms with Gasteiger partial charge >= 0.3 is 0 Å². The molecule has 1 atom stereocenters. The first-order valence-corrected chi connectivity index (χ1v) is 11.6. The highest BCUT2D eigenvalue weighted by atomic mass is 32.1. The summed E-state index contributed by atoms with van der Waals surface area (Å²) in [6.07, 6.45) is 0. The van der Waals surface area contributed by atoms with Gasteiger partial charge in [-0.1, -0.05) is 42.5 Å². The quantitative estimate of drug-likeness (QED) is 0.604. The molecular weight excluding hydrogens is 386 g/mol. The molecule has 0 unspecified atom stereocenters. The molecule has 1 aliphatic rings. The van der Waals surface area contributed by atoms with Crippen LogP contribution in [0.1, 0.15) is 21.4 Å². The van der Waals surface area contributed by atoms with Crippen LogP contribution in [0.5, 0.6) is 0 Å². The molecule has 3 aromatic rings. The Balaban J connectivity index is 1.31. The van der Waals surface area contributed by atoms with Crippen molar-refractivity contribution in [3.8, 4) is 0 Å². The predicted octanol–water partition coefficient (Wildman–Crippen LogP) is 1.39. The molecule has 0 spiro atoms. The summed E-state index contributed by atoms with van der Waals surface area (Å²) < 4.78 is 0. The van der Waals surface area contributed by atoms with Gasteiger partial charge in [0.1, 0.15) is 12.6 Å². The molecule has 1 aliphatic heterocycles. The van der Waals surface area contributed by atoms with Crippen LogP contribution in [0.3, 0.4) is 0 Å². The molecule has 0 aliphatic carbocycles. The monoisotopic (exact) mass is 413 g/mol. The molecule has 3 heterocycles. The highest BCUT2D eigenvalue weighted by Gasteiger charge is 2.26. The summed E-state index contributed by atoms with van der Waals surface area (Å²) in [7, 11) is 0. The van der Waals surface area contributed by atoms with Gasteiger partial charge in [0.25, 0.3) is 5.91 Å². The van der Waals surface area contributed by atoms with Crippen LogP contribution in [-0.2, 0) is 11.3 Å². The average Bonchev–Trinajstić information content (AvgIpc) is 3.44. The second kappa shape index (κ2) is 9.47. The molecule has 1 amide bonds. The topological polar surface area (TPSA) is 41.4 Å². The van der Waals surface area contributed by atoms with Crippen LogP contribution in [-0.4, -0.2) is 43.5 Å². The smallest absolute Gasteiger partial charge is 0.278 e. The SMILES string of the molecule is O=C(C[NH2+][C@H](c1ccccc1)c1cccs1)N1CC[NH+](Cc2cccs2)CC1. The molecule has 4 nitrogen and oxygen atoms in total. The zero-order valence-corrected chi connectivity index (χ0v) is 17.6. The van der Waals surface area contributed by atoms with Gasteiger partial charge < -0.3 is 15.1 Å². The number of carbonyl (C=O) groups is 1. The highest BCUT2D eigenvalue weighted by molar-refractivity contribution is 7.10. The van der Waals surface area contributed by atoms with Crippen molar-refractivity contribution in [1.82, 2.24) is 4.90 Å². The van der Waals surface area contributed by atoms with Gasteiger partial charge in [0.2, 0.25) is 0 Å². The Morgan fingerprint density at radius 2 is 1.75 bits per heavy atom. The third-order valence-electron chi connectivity index (χ3n) is 5.36. The Bertz CT molecular complexity index is 841. The maximum absolute atomic E-state index is 12.8. The molecule has 1 saturated heterocycles. The molecule has 146 valence electrons. The number of nitrogens with zero attached hydrogens (tertiary/aromatic N) is 1. The molecule has 6 heteroatoms. The number of nitrogens with two attached hydrogens (primary N) is 1. The number of benzene rings is 1. The minimum absolute atomic E-state index is 0.191. The Morgan fingerprint density at radius 1 is 1.00 bits per heavy atom. The summed E-state index contributed by atoms with van der Waals surface area (Å²) >= 11 is 3.58. The summed E-state index contributed by atoms with van der Waals surface area (Å²) in [5, 5.41) is 6.44. The van der Waals surface area contributed by atoms with E-state index in [-0.39, 0.29) is 11.9 Å². The number of thiophene rings is 2. The standard InChI is InChI=1S/C22H25N3OS2/c26-21(25-12-10-24(11-13-25)17-19-8-4-14-27-19)16-23-22(20-9-5-15-28-20)18-6-2-1-3-7-18/h1-9,14-15,22-23H,10-13,16-17H2/p+2/t22-/m1/s1. The minimum atomic E-state index is 0.191. The van der Waals surface area contributed by atoms with Gasteiger partial charge in [0, 0.05) is 5.56 Å². The third kappa shape index (κ3) is 4.89. The average molecular weight is 414 g/mol. The van der Waals surface area contributed by atoms with E-state index in [1.54, 1.807) is 16.2 Å². The summed E-state index contributed by atoms with van der Waals surface area (Å²) in [4.78, 5) is 19.2. The fourth-order valence-corrected chi connectivity index (χ4v) is 5.43. The molecule has 2 aromatic heterocycles. The first-order valence-electron chi connectivity index (χ1n) is 9.85. The lowest BCUT2D eigenvalue weighted by Crippen LogP contribution is -3.13. The van der Waals surface area contributed by atoms with E-state index in [0.29, 0.717) is 6.54 Å². The zero-order valence-electron chi connectivity index (χ0n) is 15.9. The van der Waals surface area contributed by atoms with E-state index < -0.39 is 0 Å². The fourth-order valence-electron chi connectivity index (χ4n) is 3.80. The van der Waals surface area contributed by atoms with Crippen LogP contribution in [0.2, 0.25) is 0 Å². The predicted molar refractivity (Wildman–Crippen MR) is 115 cm³/mol. The van der Waals surface area contributed by atoms with E-state index in [0.717, 1.165) is 32.7 Å². The summed E-state index contributed by atoms with van der Waals surface area (Å²) in [5.74, 6) is 0.257. The van der Waals surface area contributed by atoms with Crippen LogP contribution in [0.4, 0.5) is 0 Å². The van der Waals surface area contributed by atoms with Crippen LogP contribution in [0.15, 0.2) is 65.4 Å². The van der Waals surface area contributed by atoms with Crippen molar-refractivity contribution in [3.63, 3.8) is 0 Å². The summed E-state index contributed by atoms with van der Waals surface area (Å²) in [6.45, 7) is 5.39. The van der Waals surface area contributed by atoms with Crippen molar-refractivity contribution >= 4 is 28.6 Å². The number of carbonyl (C=O) groups excluding carboxylic acids is 1. The lowest BCUT2D eigenvalue weighted by atomic mass is 10.1. The van der Waals surface area contributed by atoms with Crippen molar-refractivity contribution in [1.29, 1.82) is 0 Å². The maximum Gasteiger partial charge on any atom is 0.278 e. The van der Waals surface area contributed by atoms with Crippen LogP contribution in [0, 0.1) is 0 Å². The normalized spacial score (nSPS) is 16.2. The van der Waals surface area contributed by atoms with Gasteiger partial charge in [0.15, 0.2) is 6.54 Å². The van der Waals surface area contributed by atoms with E-state index >= 15 is 0 Å². The van der Waals surface area contributed by atoms with Crippen molar-refractivity contribution < 1.29 is 15.0 Å². The van der Waals surface area contributed by atoms with Gasteiger partial charge in [-0.15, -0.1) is 22.7 Å². The zero-order chi connectivity index (χ0) is 19.2. The number of rotatable bonds is 7. The Kier molecular flexibility index (Phi) is 6.54. The van der Waals surface area contributed by atoms with Crippen LogP contribution >= 0.6 is 22.7 Å². The number of piperazine rings is 1. The number of nitrogens with one attached hydrogen (secondary N) is 1. The number of hydrogen-bond donors (Lipinski definition) is 2. The van der Waals surface area contributed by atoms with E-state index in [9.17, 15) is 4.79 Å². The molecule has 0 bridgehead atoms. The van der Waals surface area contributed by atoms with E-state index in [1.807, 2.05) is 22.3 Å². The van der Waals surface area contributed by atoms with Crippen molar-refractivity contribution in [2.24, 2.45) is 0 Å². The molecule has 3 N–H and O–H groups in total. The van der Waals surface area contributed by atoms with E-state index in [2.05, 4.69) is 64.6 Å². The maximum atomic E-state index is 12.8. The molecule has 0 radical (unpaired) electrons. The fraction of sp³-hybridized carbons (Fsp3) is 0.318. The van der Waals surface area contributed by atoms with Gasteiger partial charge in [0.05, 0.1) is 35.9 Å². The van der Waals surface area contributed by atoms with E-state index in [4.69, 9.17) is 0 Å². The van der Waals surface area contributed by atoms with Gasteiger partial charge in [-0.05, 0) is 22.9 Å². The molecule has 0 saturated carbocycles. The van der Waals surface area contributed by atoms with Crippen LogP contribution < -0.4 is 10.2 Å².